The van der Waals surface area contributed by atoms with Crippen molar-refractivity contribution in [2.75, 3.05) is 0 Å². The molecule has 1 N–H and O–H groups in total. The van der Waals surface area contributed by atoms with E-state index in [-0.39, 0.29) is 17.9 Å². The second-order valence-corrected chi connectivity index (χ2v) is 6.72. The number of piperazine rings is 1. The van der Waals surface area contributed by atoms with Gasteiger partial charge in [-0.15, -0.1) is 0 Å². The minimum Gasteiger partial charge on any atom is -0.340 e. The molecule has 1 aliphatic heterocycles. The van der Waals surface area contributed by atoms with Crippen LogP contribution in [0.4, 0.5) is 0 Å². The number of hydrogen-bond donors (Lipinski definition) is 1. The lowest BCUT2D eigenvalue weighted by Gasteiger charge is -2.46. The van der Waals surface area contributed by atoms with Gasteiger partial charge in [0.2, 0.25) is 11.8 Å². The molecule has 1 heterocycles. The summed E-state index contributed by atoms with van der Waals surface area (Å²) in [5, 5.41) is 2.87. The van der Waals surface area contributed by atoms with Gasteiger partial charge in [-0.3, -0.25) is 9.59 Å². The third-order valence-electron chi connectivity index (χ3n) is 4.59. The number of benzene rings is 1. The first kappa shape index (κ1) is 14.1. The van der Waals surface area contributed by atoms with Crippen LogP contribution in [0.15, 0.2) is 30.3 Å². The van der Waals surface area contributed by atoms with Crippen LogP contribution < -0.4 is 5.32 Å². The summed E-state index contributed by atoms with van der Waals surface area (Å²) in [6.07, 6.45) is 2.29. The van der Waals surface area contributed by atoms with Crippen molar-refractivity contribution in [3.8, 4) is 0 Å². The topological polar surface area (TPSA) is 49.4 Å². The summed E-state index contributed by atoms with van der Waals surface area (Å²) >= 11 is 0. The summed E-state index contributed by atoms with van der Waals surface area (Å²) in [4.78, 5) is 27.3. The Morgan fingerprint density at radius 3 is 2.38 bits per heavy atom. The molecule has 1 saturated heterocycles. The van der Waals surface area contributed by atoms with Gasteiger partial charge in [0, 0.05) is 6.04 Å². The van der Waals surface area contributed by atoms with Gasteiger partial charge in [0.25, 0.3) is 0 Å². The molecule has 0 bridgehead atoms. The van der Waals surface area contributed by atoms with E-state index in [1.807, 2.05) is 35.2 Å². The quantitative estimate of drug-likeness (QED) is 0.926. The minimum absolute atomic E-state index is 0.00959. The van der Waals surface area contributed by atoms with Crippen molar-refractivity contribution in [3.05, 3.63) is 35.9 Å². The fraction of sp³-hybridized carbons (Fsp3) is 0.529. The van der Waals surface area contributed by atoms with Gasteiger partial charge in [-0.05, 0) is 45.1 Å². The molecule has 1 aliphatic carbocycles. The van der Waals surface area contributed by atoms with Crippen LogP contribution in [0.5, 0.6) is 0 Å². The summed E-state index contributed by atoms with van der Waals surface area (Å²) in [7, 11) is 0. The van der Waals surface area contributed by atoms with Crippen LogP contribution in [0, 0.1) is 5.92 Å². The SMILES string of the molecule is CC(C1CC1)N1C(=O)C(C)(C)NC(=O)C1c1ccccc1. The number of carbonyl (C=O) groups is 2. The van der Waals surface area contributed by atoms with Crippen LogP contribution >= 0.6 is 0 Å². The number of nitrogens with zero attached hydrogens (tertiary/aromatic N) is 1. The lowest BCUT2D eigenvalue weighted by atomic mass is 9.91. The average Bonchev–Trinajstić information content (AvgIpc) is 3.27. The second kappa shape index (κ2) is 4.86. The molecule has 4 nitrogen and oxygen atoms in total. The molecule has 1 aromatic carbocycles. The van der Waals surface area contributed by atoms with Crippen molar-refractivity contribution in [1.29, 1.82) is 0 Å². The Kier molecular flexibility index (Phi) is 3.27. The molecule has 0 spiro atoms. The molecule has 112 valence electrons. The third kappa shape index (κ3) is 2.43. The first-order chi connectivity index (χ1) is 9.92. The maximum atomic E-state index is 12.9. The van der Waals surface area contributed by atoms with Crippen LogP contribution in [-0.2, 0) is 9.59 Å². The lowest BCUT2D eigenvalue weighted by Crippen LogP contribution is -2.66. The van der Waals surface area contributed by atoms with E-state index >= 15 is 0 Å². The van der Waals surface area contributed by atoms with Gasteiger partial charge in [-0.25, -0.2) is 0 Å². The number of rotatable bonds is 3. The highest BCUT2D eigenvalue weighted by atomic mass is 16.2. The van der Waals surface area contributed by atoms with Gasteiger partial charge in [0.15, 0.2) is 0 Å². The summed E-state index contributed by atoms with van der Waals surface area (Å²) in [6, 6.07) is 9.17. The normalized spacial score (nSPS) is 26.4. The third-order valence-corrected chi connectivity index (χ3v) is 4.59. The van der Waals surface area contributed by atoms with Crippen LogP contribution in [0.25, 0.3) is 0 Å². The average molecular weight is 286 g/mol. The van der Waals surface area contributed by atoms with Gasteiger partial charge in [-0.1, -0.05) is 30.3 Å². The number of amides is 2. The Balaban J connectivity index is 2.02. The summed E-state index contributed by atoms with van der Waals surface area (Å²) in [5.41, 5.74) is 0.0530. The number of carbonyl (C=O) groups excluding carboxylic acids is 2. The molecule has 21 heavy (non-hydrogen) atoms. The van der Waals surface area contributed by atoms with Gasteiger partial charge in [-0.2, -0.15) is 0 Å². The van der Waals surface area contributed by atoms with E-state index in [0.29, 0.717) is 5.92 Å². The molecule has 0 radical (unpaired) electrons. The molecule has 1 saturated carbocycles. The van der Waals surface area contributed by atoms with E-state index in [4.69, 9.17) is 0 Å². The molecular weight excluding hydrogens is 264 g/mol. The summed E-state index contributed by atoms with van der Waals surface area (Å²) in [6.45, 7) is 5.63. The van der Waals surface area contributed by atoms with E-state index in [9.17, 15) is 9.59 Å². The van der Waals surface area contributed by atoms with Crippen molar-refractivity contribution in [3.63, 3.8) is 0 Å². The molecule has 4 heteroatoms. The Morgan fingerprint density at radius 1 is 1.19 bits per heavy atom. The van der Waals surface area contributed by atoms with Crippen molar-refractivity contribution >= 4 is 11.8 Å². The molecule has 2 amide bonds. The molecule has 2 unspecified atom stereocenters. The monoisotopic (exact) mass is 286 g/mol. The summed E-state index contributed by atoms with van der Waals surface area (Å²) < 4.78 is 0. The fourth-order valence-electron chi connectivity index (χ4n) is 3.17. The van der Waals surface area contributed by atoms with E-state index in [1.54, 1.807) is 13.8 Å². The van der Waals surface area contributed by atoms with E-state index in [0.717, 1.165) is 18.4 Å². The minimum atomic E-state index is -0.828. The van der Waals surface area contributed by atoms with Crippen molar-refractivity contribution in [1.82, 2.24) is 10.2 Å². The molecular formula is C17H22N2O2. The first-order valence-corrected chi connectivity index (χ1v) is 7.61. The first-order valence-electron chi connectivity index (χ1n) is 7.61. The highest BCUT2D eigenvalue weighted by molar-refractivity contribution is 6.00. The van der Waals surface area contributed by atoms with Crippen molar-refractivity contribution in [2.45, 2.75) is 51.2 Å². The Morgan fingerprint density at radius 2 is 1.81 bits per heavy atom. The van der Waals surface area contributed by atoms with Crippen molar-refractivity contribution < 1.29 is 9.59 Å². The largest absolute Gasteiger partial charge is 0.340 e. The molecule has 1 aromatic rings. The predicted octanol–water partition coefficient (Wildman–Crippen LogP) is 2.26. The highest BCUT2D eigenvalue weighted by Gasteiger charge is 2.50. The molecule has 2 atom stereocenters. The van der Waals surface area contributed by atoms with Gasteiger partial charge < -0.3 is 10.2 Å². The smallest absolute Gasteiger partial charge is 0.248 e. The summed E-state index contributed by atoms with van der Waals surface area (Å²) in [5.74, 6) is 0.454. The molecule has 3 rings (SSSR count). The predicted molar refractivity (Wildman–Crippen MR) is 80.4 cm³/mol. The van der Waals surface area contributed by atoms with Crippen LogP contribution in [0.2, 0.25) is 0 Å². The maximum Gasteiger partial charge on any atom is 0.248 e. The lowest BCUT2D eigenvalue weighted by molar-refractivity contribution is -0.157. The zero-order valence-electron chi connectivity index (χ0n) is 12.8. The van der Waals surface area contributed by atoms with Crippen LogP contribution in [-0.4, -0.2) is 28.3 Å². The maximum absolute atomic E-state index is 12.9. The zero-order valence-corrected chi connectivity index (χ0v) is 12.8. The van der Waals surface area contributed by atoms with Crippen molar-refractivity contribution in [2.24, 2.45) is 5.92 Å². The second-order valence-electron chi connectivity index (χ2n) is 6.72. The Hall–Kier alpha value is -1.84. The Bertz CT molecular complexity index is 563. The molecule has 2 fully saturated rings. The van der Waals surface area contributed by atoms with E-state index < -0.39 is 11.6 Å². The standard InChI is InChI=1S/C17H22N2O2/c1-11(12-9-10-12)19-14(13-7-5-4-6-8-13)15(20)18-17(2,3)16(19)21/h4-8,11-12,14H,9-10H2,1-3H3,(H,18,20). The number of hydrogen-bond acceptors (Lipinski definition) is 2. The van der Waals surface area contributed by atoms with Crippen LogP contribution in [0.3, 0.4) is 0 Å². The molecule has 0 aromatic heterocycles. The van der Waals surface area contributed by atoms with Crippen LogP contribution in [0.1, 0.15) is 45.2 Å². The Labute approximate surface area is 125 Å². The van der Waals surface area contributed by atoms with Gasteiger partial charge in [0.05, 0.1) is 0 Å². The van der Waals surface area contributed by atoms with E-state index in [1.165, 1.54) is 0 Å². The van der Waals surface area contributed by atoms with Gasteiger partial charge >= 0.3 is 0 Å². The zero-order chi connectivity index (χ0) is 15.2. The fourth-order valence-corrected chi connectivity index (χ4v) is 3.17. The van der Waals surface area contributed by atoms with E-state index in [2.05, 4.69) is 12.2 Å². The number of nitrogens with one attached hydrogen (secondary N) is 1. The highest BCUT2D eigenvalue weighted by Crippen LogP contribution is 2.40. The molecule has 2 aliphatic rings. The van der Waals surface area contributed by atoms with Gasteiger partial charge in [0.1, 0.15) is 11.6 Å².